The lowest BCUT2D eigenvalue weighted by atomic mass is 9.94. The van der Waals surface area contributed by atoms with Gasteiger partial charge in [0.25, 0.3) is 0 Å². The molecule has 1 N–H and O–H groups in total. The molecule has 0 amide bonds. The van der Waals surface area contributed by atoms with Crippen LogP contribution in [0.2, 0.25) is 0 Å². The molecule has 1 heterocycles. The second kappa shape index (κ2) is 3.28. The summed E-state index contributed by atoms with van der Waals surface area (Å²) in [5, 5.41) is 2.21. The van der Waals surface area contributed by atoms with Crippen molar-refractivity contribution in [2.24, 2.45) is 5.92 Å². The number of alkyl halides is 2. The zero-order valence-electron chi connectivity index (χ0n) is 6.11. The van der Waals surface area contributed by atoms with Crippen molar-refractivity contribution < 1.29 is 8.78 Å². The molecule has 0 bridgehead atoms. The molecule has 0 saturated carbocycles. The van der Waals surface area contributed by atoms with E-state index in [1.807, 2.05) is 6.92 Å². The van der Waals surface area contributed by atoms with Crippen LogP contribution in [0.25, 0.3) is 0 Å². The minimum absolute atomic E-state index is 0.228. The van der Waals surface area contributed by atoms with Crippen molar-refractivity contribution in [1.82, 2.24) is 5.32 Å². The third-order valence-corrected chi connectivity index (χ3v) is 2.02. The summed E-state index contributed by atoms with van der Waals surface area (Å²) in [7, 11) is 0. The molecular weight excluding hydrogens is 136 g/mol. The van der Waals surface area contributed by atoms with Crippen molar-refractivity contribution >= 4 is 0 Å². The highest BCUT2D eigenvalue weighted by atomic mass is 19.2. The molecule has 1 nitrogen and oxygen atoms in total. The van der Waals surface area contributed by atoms with Gasteiger partial charge in [0, 0.05) is 0 Å². The fraction of sp³-hybridized carbons (Fsp3) is 1.00. The van der Waals surface area contributed by atoms with Crippen LogP contribution in [0.4, 0.5) is 8.78 Å². The van der Waals surface area contributed by atoms with Crippen molar-refractivity contribution in [3.8, 4) is 0 Å². The normalized spacial score (nSPS) is 41.7. The van der Waals surface area contributed by atoms with Crippen LogP contribution in [-0.4, -0.2) is 12.6 Å². The van der Waals surface area contributed by atoms with E-state index in [2.05, 4.69) is 5.32 Å². The minimum Gasteiger partial charge on any atom is -0.258 e. The van der Waals surface area contributed by atoms with E-state index in [-0.39, 0.29) is 5.92 Å². The van der Waals surface area contributed by atoms with Crippen LogP contribution in [0.3, 0.4) is 0 Å². The second-order valence-electron chi connectivity index (χ2n) is 2.85. The topological polar surface area (TPSA) is 12.0 Å². The van der Waals surface area contributed by atoms with Gasteiger partial charge in [-0.3, -0.25) is 5.32 Å². The maximum Gasteiger partial charge on any atom is 0.153 e. The number of halogens is 2. The van der Waals surface area contributed by atoms with Crippen LogP contribution in [-0.2, 0) is 0 Å². The van der Waals surface area contributed by atoms with E-state index < -0.39 is 12.6 Å². The molecular formula is C7H13F2N. The Morgan fingerprint density at radius 1 is 1.30 bits per heavy atom. The zero-order chi connectivity index (χ0) is 7.56. The molecule has 0 spiro atoms. The molecule has 1 aliphatic heterocycles. The molecule has 10 heavy (non-hydrogen) atoms. The third kappa shape index (κ3) is 1.90. The summed E-state index contributed by atoms with van der Waals surface area (Å²) >= 11 is 0. The second-order valence-corrected chi connectivity index (χ2v) is 2.85. The monoisotopic (exact) mass is 149 g/mol. The Morgan fingerprint density at radius 2 is 1.80 bits per heavy atom. The van der Waals surface area contributed by atoms with Gasteiger partial charge in [-0.05, 0) is 18.8 Å². The summed E-state index contributed by atoms with van der Waals surface area (Å²) < 4.78 is 25.0. The molecule has 0 aromatic carbocycles. The van der Waals surface area contributed by atoms with Crippen LogP contribution >= 0.6 is 0 Å². The van der Waals surface area contributed by atoms with Crippen molar-refractivity contribution in [3.05, 3.63) is 0 Å². The molecule has 60 valence electrons. The third-order valence-electron chi connectivity index (χ3n) is 2.02. The van der Waals surface area contributed by atoms with E-state index in [9.17, 15) is 8.78 Å². The highest BCUT2D eigenvalue weighted by molar-refractivity contribution is 4.73. The Morgan fingerprint density at radius 3 is 2.20 bits per heavy atom. The van der Waals surface area contributed by atoms with E-state index in [0.717, 1.165) is 6.42 Å². The maximum atomic E-state index is 12.5. The SMILES string of the molecule is CCC1CC(F)NC(F)C1. The predicted octanol–water partition coefficient (Wildman–Crippen LogP) is 1.99. The first kappa shape index (κ1) is 7.92. The van der Waals surface area contributed by atoms with Crippen LogP contribution in [0, 0.1) is 5.92 Å². The zero-order valence-corrected chi connectivity index (χ0v) is 6.11. The van der Waals surface area contributed by atoms with Gasteiger partial charge in [0.2, 0.25) is 0 Å². The van der Waals surface area contributed by atoms with Crippen LogP contribution < -0.4 is 5.32 Å². The van der Waals surface area contributed by atoms with E-state index in [4.69, 9.17) is 0 Å². The van der Waals surface area contributed by atoms with Crippen molar-refractivity contribution in [1.29, 1.82) is 0 Å². The summed E-state index contributed by atoms with van der Waals surface area (Å²) in [5.41, 5.74) is 0. The van der Waals surface area contributed by atoms with E-state index in [1.165, 1.54) is 0 Å². The average Bonchev–Trinajstić information content (AvgIpc) is 1.85. The van der Waals surface area contributed by atoms with Crippen LogP contribution in [0.1, 0.15) is 26.2 Å². The Bertz CT molecular complexity index is 97.8. The first-order valence-electron chi connectivity index (χ1n) is 3.76. The molecule has 0 aromatic rings. The van der Waals surface area contributed by atoms with Gasteiger partial charge in [0.15, 0.2) is 12.6 Å². The van der Waals surface area contributed by atoms with Crippen molar-refractivity contribution in [2.45, 2.75) is 38.8 Å². The van der Waals surface area contributed by atoms with Crippen LogP contribution in [0.5, 0.6) is 0 Å². The summed E-state index contributed by atoms with van der Waals surface area (Å²) in [6, 6.07) is 0. The summed E-state index contributed by atoms with van der Waals surface area (Å²) in [4.78, 5) is 0. The summed E-state index contributed by atoms with van der Waals surface area (Å²) in [5.74, 6) is 0.228. The first-order chi connectivity index (χ1) is 4.72. The molecule has 2 atom stereocenters. The van der Waals surface area contributed by atoms with Gasteiger partial charge in [-0.25, -0.2) is 8.78 Å². The summed E-state index contributed by atoms with van der Waals surface area (Å²) in [6.45, 7) is 1.97. The first-order valence-corrected chi connectivity index (χ1v) is 3.76. The van der Waals surface area contributed by atoms with Gasteiger partial charge < -0.3 is 0 Å². The van der Waals surface area contributed by atoms with Crippen molar-refractivity contribution in [2.75, 3.05) is 0 Å². The van der Waals surface area contributed by atoms with Gasteiger partial charge in [-0.2, -0.15) is 0 Å². The highest BCUT2D eigenvalue weighted by Crippen LogP contribution is 2.23. The Kier molecular flexibility index (Phi) is 2.60. The molecule has 1 rings (SSSR count). The Labute approximate surface area is 59.8 Å². The Balaban J connectivity index is 2.35. The number of rotatable bonds is 1. The van der Waals surface area contributed by atoms with E-state index >= 15 is 0 Å². The number of hydrogen-bond donors (Lipinski definition) is 1. The molecule has 0 radical (unpaired) electrons. The number of hydrogen-bond acceptors (Lipinski definition) is 1. The molecule has 0 aromatic heterocycles. The fourth-order valence-corrected chi connectivity index (χ4v) is 1.35. The minimum atomic E-state index is -1.13. The van der Waals surface area contributed by atoms with Gasteiger partial charge in [-0.1, -0.05) is 13.3 Å². The van der Waals surface area contributed by atoms with E-state index in [0.29, 0.717) is 12.8 Å². The lowest BCUT2D eigenvalue weighted by Gasteiger charge is -2.27. The Hall–Kier alpha value is -0.180. The lowest BCUT2D eigenvalue weighted by molar-refractivity contribution is 0.0754. The molecule has 1 saturated heterocycles. The van der Waals surface area contributed by atoms with Gasteiger partial charge >= 0.3 is 0 Å². The number of piperidine rings is 1. The van der Waals surface area contributed by atoms with Gasteiger partial charge in [0.1, 0.15) is 0 Å². The standard InChI is InChI=1S/C7H13F2N/c1-2-5-3-6(8)10-7(9)4-5/h5-7,10H,2-4H2,1H3. The molecule has 1 fully saturated rings. The number of nitrogens with one attached hydrogen (secondary N) is 1. The van der Waals surface area contributed by atoms with Crippen LogP contribution in [0.15, 0.2) is 0 Å². The van der Waals surface area contributed by atoms with Gasteiger partial charge in [0.05, 0.1) is 0 Å². The smallest absolute Gasteiger partial charge is 0.153 e. The average molecular weight is 149 g/mol. The molecule has 3 heteroatoms. The van der Waals surface area contributed by atoms with Crippen molar-refractivity contribution in [3.63, 3.8) is 0 Å². The molecule has 0 aliphatic carbocycles. The highest BCUT2D eigenvalue weighted by Gasteiger charge is 2.26. The molecule has 1 aliphatic rings. The fourth-order valence-electron chi connectivity index (χ4n) is 1.35. The quantitative estimate of drug-likeness (QED) is 0.562. The van der Waals surface area contributed by atoms with E-state index in [1.54, 1.807) is 0 Å². The predicted molar refractivity (Wildman–Crippen MR) is 35.9 cm³/mol. The maximum absolute atomic E-state index is 12.5. The van der Waals surface area contributed by atoms with Gasteiger partial charge in [-0.15, -0.1) is 0 Å². The molecule has 2 unspecified atom stereocenters. The largest absolute Gasteiger partial charge is 0.258 e. The summed E-state index contributed by atoms with van der Waals surface area (Å²) in [6.07, 6.45) is -0.446. The lowest BCUT2D eigenvalue weighted by Crippen LogP contribution is -2.40.